The molecule has 0 unspecified atom stereocenters. The molecule has 0 atom stereocenters. The van der Waals surface area contributed by atoms with Gasteiger partial charge in [-0.25, -0.2) is 8.78 Å². The van der Waals surface area contributed by atoms with Crippen LogP contribution in [-0.2, 0) is 19.5 Å². The van der Waals surface area contributed by atoms with Gasteiger partial charge in [-0.05, 0) is 96.5 Å². The summed E-state index contributed by atoms with van der Waals surface area (Å²) in [5.41, 5.74) is 4.90. The first-order valence-electron chi connectivity index (χ1n) is 13.8. The molecule has 2 aromatic carbocycles. The van der Waals surface area contributed by atoms with Crippen molar-refractivity contribution in [1.29, 1.82) is 0 Å². The summed E-state index contributed by atoms with van der Waals surface area (Å²) in [6.45, 7) is 0.199. The van der Waals surface area contributed by atoms with Gasteiger partial charge in [0.2, 0.25) is 0 Å². The van der Waals surface area contributed by atoms with Crippen LogP contribution in [0, 0.1) is 11.6 Å². The van der Waals surface area contributed by atoms with Crippen molar-refractivity contribution in [2.75, 3.05) is 0 Å². The normalized spacial score (nSPS) is 14.5. The molecule has 0 spiro atoms. The van der Waals surface area contributed by atoms with Crippen molar-refractivity contribution in [2.45, 2.75) is 51.3 Å². The van der Waals surface area contributed by atoms with Gasteiger partial charge in [0.15, 0.2) is 11.6 Å². The summed E-state index contributed by atoms with van der Waals surface area (Å²) in [5.74, 6) is -1.71. The van der Waals surface area contributed by atoms with Crippen molar-refractivity contribution in [3.63, 3.8) is 0 Å². The van der Waals surface area contributed by atoms with Crippen molar-refractivity contribution >= 4 is 11.5 Å². The van der Waals surface area contributed by atoms with Crippen molar-refractivity contribution < 1.29 is 18.3 Å². The van der Waals surface area contributed by atoms with E-state index < -0.39 is 23.1 Å². The van der Waals surface area contributed by atoms with Crippen LogP contribution in [0.4, 0.5) is 8.78 Å². The van der Waals surface area contributed by atoms with Gasteiger partial charge in [0.05, 0.1) is 18.3 Å². The number of rotatable bonds is 8. The van der Waals surface area contributed by atoms with Gasteiger partial charge < -0.3 is 14.6 Å². The van der Waals surface area contributed by atoms with E-state index in [1.165, 1.54) is 22.9 Å². The zero-order chi connectivity index (χ0) is 28.3. The first kappa shape index (κ1) is 26.6. The third-order valence-corrected chi connectivity index (χ3v) is 7.62. The number of fused-ring (bicyclic) bond motifs is 1. The van der Waals surface area contributed by atoms with E-state index in [-0.39, 0.29) is 24.8 Å². The Morgan fingerprint density at radius 1 is 1.00 bits per heavy atom. The molecule has 6 nitrogen and oxygen atoms in total. The van der Waals surface area contributed by atoms with E-state index in [1.807, 2.05) is 24.3 Å². The zero-order valence-corrected chi connectivity index (χ0v) is 22.4. The molecule has 0 radical (unpaired) electrons. The number of pyridine rings is 2. The molecule has 41 heavy (non-hydrogen) atoms. The van der Waals surface area contributed by atoms with E-state index in [4.69, 9.17) is 4.74 Å². The van der Waals surface area contributed by atoms with E-state index in [0.717, 1.165) is 77.9 Å². The van der Waals surface area contributed by atoms with E-state index in [9.17, 15) is 18.4 Å². The molecule has 2 aliphatic rings. The number of hydrogen-bond acceptors (Lipinski definition) is 4. The molecule has 1 fully saturated rings. The Labute approximate surface area is 236 Å². The van der Waals surface area contributed by atoms with Gasteiger partial charge in [-0.15, -0.1) is 0 Å². The number of allylic oxidation sites excluding steroid dienone is 1. The van der Waals surface area contributed by atoms with Gasteiger partial charge in [-0.1, -0.05) is 18.2 Å². The highest BCUT2D eigenvalue weighted by atomic mass is 19.2. The second-order valence-corrected chi connectivity index (χ2v) is 10.5. The van der Waals surface area contributed by atoms with Crippen LogP contribution in [0.25, 0.3) is 5.57 Å². The lowest BCUT2D eigenvalue weighted by molar-refractivity contribution is 0.0948. The summed E-state index contributed by atoms with van der Waals surface area (Å²) in [5, 5.41) is 2.87. The van der Waals surface area contributed by atoms with Crippen molar-refractivity contribution in [3.8, 4) is 5.75 Å². The zero-order valence-electron chi connectivity index (χ0n) is 22.4. The summed E-state index contributed by atoms with van der Waals surface area (Å²) < 4.78 is 34.6. The fourth-order valence-electron chi connectivity index (χ4n) is 5.56. The first-order valence-corrected chi connectivity index (χ1v) is 13.8. The average Bonchev–Trinajstić information content (AvgIpc) is 3.65. The number of ether oxygens (including phenoxy) is 1. The molecule has 1 N–H and O–H groups in total. The quantitative estimate of drug-likeness (QED) is 0.299. The maximum Gasteiger partial charge on any atom is 0.263 e. The summed E-state index contributed by atoms with van der Waals surface area (Å²) in [4.78, 5) is 30.7. The molecule has 1 saturated carbocycles. The summed E-state index contributed by atoms with van der Waals surface area (Å²) in [6.07, 6.45) is 10.8. The van der Waals surface area contributed by atoms with Crippen LogP contribution in [0.5, 0.6) is 5.75 Å². The summed E-state index contributed by atoms with van der Waals surface area (Å²) in [6, 6.07) is 16.5. The van der Waals surface area contributed by atoms with Crippen LogP contribution >= 0.6 is 0 Å². The average molecular weight is 554 g/mol. The van der Waals surface area contributed by atoms with Crippen LogP contribution in [-0.4, -0.2) is 21.6 Å². The second-order valence-electron chi connectivity index (χ2n) is 10.5. The van der Waals surface area contributed by atoms with Crippen LogP contribution in [0.15, 0.2) is 83.9 Å². The molecule has 6 rings (SSSR count). The molecule has 2 aliphatic carbocycles. The number of amides is 1. The largest absolute Gasteiger partial charge is 0.490 e. The lowest BCUT2D eigenvalue weighted by atomic mass is 9.98. The number of halogens is 2. The number of nitrogens with one attached hydrogen (secondary N) is 1. The highest BCUT2D eigenvalue weighted by molar-refractivity contribution is 5.93. The van der Waals surface area contributed by atoms with Gasteiger partial charge in [-0.2, -0.15) is 0 Å². The molecule has 2 heterocycles. The van der Waals surface area contributed by atoms with E-state index in [1.54, 1.807) is 12.3 Å². The summed E-state index contributed by atoms with van der Waals surface area (Å²) in [7, 11) is 0. The standard InChI is InChI=1S/C33H29F2N3O3/c34-29-11-9-21(17-30(29)35)20-38-14-4-8-28(33(38)40)32(39)37-19-22-15-23(18-25(16-22)41-24-5-1-2-6-24)26-10-12-31-27(26)7-3-13-36-31/h3-4,7-11,13-18,24H,1-2,5-6,12,19-20H2,(H,37,39). The molecule has 208 valence electrons. The molecule has 1 amide bonds. The Morgan fingerprint density at radius 2 is 1.85 bits per heavy atom. The molecule has 0 aliphatic heterocycles. The van der Waals surface area contributed by atoms with Gasteiger partial charge in [-0.3, -0.25) is 14.6 Å². The van der Waals surface area contributed by atoms with Gasteiger partial charge in [0, 0.05) is 30.9 Å². The molecular weight excluding hydrogens is 524 g/mol. The monoisotopic (exact) mass is 553 g/mol. The lowest BCUT2D eigenvalue weighted by Gasteiger charge is -2.17. The van der Waals surface area contributed by atoms with Crippen molar-refractivity contribution in [2.24, 2.45) is 0 Å². The van der Waals surface area contributed by atoms with Crippen LogP contribution in [0.3, 0.4) is 0 Å². The molecule has 0 bridgehead atoms. The van der Waals surface area contributed by atoms with E-state index in [0.29, 0.717) is 5.56 Å². The maximum atomic E-state index is 13.7. The molecule has 4 aromatic rings. The fraction of sp³-hybridized carbons (Fsp3) is 0.242. The fourth-order valence-corrected chi connectivity index (χ4v) is 5.56. The topological polar surface area (TPSA) is 73.2 Å². The predicted molar refractivity (Wildman–Crippen MR) is 152 cm³/mol. The van der Waals surface area contributed by atoms with Crippen LogP contribution < -0.4 is 15.6 Å². The Hall–Kier alpha value is -4.59. The molecular formula is C33H29F2N3O3. The van der Waals surface area contributed by atoms with E-state index in [2.05, 4.69) is 22.4 Å². The molecule has 8 heteroatoms. The van der Waals surface area contributed by atoms with Gasteiger partial charge >= 0.3 is 0 Å². The van der Waals surface area contributed by atoms with Gasteiger partial charge in [0.1, 0.15) is 11.3 Å². The third kappa shape index (κ3) is 5.82. The van der Waals surface area contributed by atoms with Crippen LogP contribution in [0.1, 0.15) is 64.0 Å². The minimum atomic E-state index is -0.990. The minimum absolute atomic E-state index is 0.00646. The van der Waals surface area contributed by atoms with Gasteiger partial charge in [0.25, 0.3) is 11.5 Å². The number of carbonyl (C=O) groups excluding carboxylic acids is 1. The Bertz CT molecular complexity index is 1710. The smallest absolute Gasteiger partial charge is 0.263 e. The Kier molecular flexibility index (Phi) is 7.46. The first-order chi connectivity index (χ1) is 19.9. The minimum Gasteiger partial charge on any atom is -0.490 e. The maximum absolute atomic E-state index is 13.7. The van der Waals surface area contributed by atoms with Crippen molar-refractivity contribution in [1.82, 2.24) is 14.9 Å². The number of aromatic nitrogens is 2. The van der Waals surface area contributed by atoms with E-state index >= 15 is 0 Å². The highest BCUT2D eigenvalue weighted by Gasteiger charge is 2.21. The van der Waals surface area contributed by atoms with Crippen LogP contribution in [0.2, 0.25) is 0 Å². The summed E-state index contributed by atoms with van der Waals surface area (Å²) >= 11 is 0. The predicted octanol–water partition coefficient (Wildman–Crippen LogP) is 5.81. The number of nitrogens with zero attached hydrogens (tertiary/aromatic N) is 2. The Balaban J connectivity index is 1.22. The molecule has 2 aromatic heterocycles. The number of benzene rings is 2. The molecule has 0 saturated heterocycles. The highest BCUT2D eigenvalue weighted by Crippen LogP contribution is 2.35. The second kappa shape index (κ2) is 11.5. The lowest BCUT2D eigenvalue weighted by Crippen LogP contribution is -2.32. The number of carbonyl (C=O) groups is 1. The Morgan fingerprint density at radius 3 is 2.68 bits per heavy atom. The number of hydrogen-bond donors (Lipinski definition) is 1. The van der Waals surface area contributed by atoms with Crippen molar-refractivity contribution in [3.05, 3.63) is 135 Å². The third-order valence-electron chi connectivity index (χ3n) is 7.62. The SMILES string of the molecule is O=C(NCc1cc(OC2CCCC2)cc(C2=CCc3ncccc32)c1)c1cccn(Cc2ccc(F)c(F)c2)c1=O.